The fourth-order valence-electron chi connectivity index (χ4n) is 9.55. The van der Waals surface area contributed by atoms with Crippen molar-refractivity contribution < 1.29 is 0 Å². The SMILES string of the molecule is CC(C)(C)c1cc(-c2cccc(-c3nc(-c4cccc(-c5cc(C6CCCCC6)cc(C6CCCCC6)c5)c4)nc(-c4cccc(-c5cnccn5)c4)n3)c2)cc(C(C)(C)C)c1. The summed E-state index contributed by atoms with van der Waals surface area (Å²) in [5, 5.41) is 0. The van der Waals surface area contributed by atoms with Crippen LogP contribution in [0.15, 0.2) is 128 Å². The van der Waals surface area contributed by atoms with Gasteiger partial charge in [0.05, 0.1) is 11.9 Å². The number of nitrogens with zero attached hydrogens (tertiary/aromatic N) is 5. The van der Waals surface area contributed by atoms with Crippen LogP contribution < -0.4 is 0 Å². The Morgan fingerprint density at radius 3 is 1.26 bits per heavy atom. The van der Waals surface area contributed by atoms with E-state index in [2.05, 4.69) is 155 Å². The van der Waals surface area contributed by atoms with Crippen molar-refractivity contribution in [1.82, 2.24) is 24.9 Å². The van der Waals surface area contributed by atoms with Gasteiger partial charge in [-0.25, -0.2) is 15.0 Å². The van der Waals surface area contributed by atoms with Gasteiger partial charge in [-0.05, 0) is 111 Å². The lowest BCUT2D eigenvalue weighted by molar-refractivity contribution is 0.435. The molecule has 314 valence electrons. The van der Waals surface area contributed by atoms with Crippen LogP contribution in [-0.4, -0.2) is 24.9 Å². The van der Waals surface area contributed by atoms with Crippen molar-refractivity contribution in [3.63, 3.8) is 0 Å². The quantitative estimate of drug-likeness (QED) is 0.153. The summed E-state index contributed by atoms with van der Waals surface area (Å²) in [7, 11) is 0. The molecular weight excluding hydrogens is 755 g/mol. The molecule has 0 saturated heterocycles. The molecule has 0 radical (unpaired) electrons. The molecule has 62 heavy (non-hydrogen) atoms. The number of rotatable bonds is 8. The van der Waals surface area contributed by atoms with E-state index in [1.54, 1.807) is 18.6 Å². The highest BCUT2D eigenvalue weighted by Gasteiger charge is 2.24. The van der Waals surface area contributed by atoms with E-state index in [4.69, 9.17) is 15.0 Å². The van der Waals surface area contributed by atoms with Gasteiger partial charge in [-0.1, -0.05) is 171 Å². The minimum Gasteiger partial charge on any atom is -0.261 e. The van der Waals surface area contributed by atoms with Crippen LogP contribution in [0.3, 0.4) is 0 Å². The second-order valence-electron chi connectivity index (χ2n) is 20.0. The molecule has 2 aliphatic rings. The molecule has 0 N–H and O–H groups in total. The Morgan fingerprint density at radius 2 is 0.823 bits per heavy atom. The zero-order valence-electron chi connectivity index (χ0n) is 37.6. The van der Waals surface area contributed by atoms with E-state index in [-0.39, 0.29) is 10.8 Å². The van der Waals surface area contributed by atoms with Crippen LogP contribution in [0.4, 0.5) is 0 Å². The normalized spacial score (nSPS) is 15.5. The van der Waals surface area contributed by atoms with Crippen LogP contribution >= 0.6 is 0 Å². The summed E-state index contributed by atoms with van der Waals surface area (Å²) in [6, 6.07) is 40.5. The summed E-state index contributed by atoms with van der Waals surface area (Å²) in [4.78, 5) is 24.7. The van der Waals surface area contributed by atoms with E-state index >= 15 is 0 Å². The lowest BCUT2D eigenvalue weighted by Crippen LogP contribution is -2.16. The molecule has 0 unspecified atom stereocenters. The fraction of sp³-hybridized carbons (Fsp3) is 0.351. The van der Waals surface area contributed by atoms with Crippen molar-refractivity contribution in [2.45, 2.75) is 128 Å². The average Bonchev–Trinajstić information content (AvgIpc) is 3.31. The van der Waals surface area contributed by atoms with Gasteiger partial charge in [0.25, 0.3) is 0 Å². The Kier molecular flexibility index (Phi) is 11.7. The Morgan fingerprint density at radius 1 is 0.403 bits per heavy atom. The lowest BCUT2D eigenvalue weighted by Gasteiger charge is -2.27. The fourth-order valence-corrected chi connectivity index (χ4v) is 9.55. The first-order valence-electron chi connectivity index (χ1n) is 23.1. The second kappa shape index (κ2) is 17.5. The molecule has 5 nitrogen and oxygen atoms in total. The van der Waals surface area contributed by atoms with Gasteiger partial charge in [0.1, 0.15) is 0 Å². The van der Waals surface area contributed by atoms with Crippen molar-refractivity contribution in [2.24, 2.45) is 0 Å². The zero-order valence-corrected chi connectivity index (χ0v) is 37.6. The third kappa shape index (κ3) is 9.33. The first-order chi connectivity index (χ1) is 29.9. The van der Waals surface area contributed by atoms with Gasteiger partial charge in [-0.15, -0.1) is 0 Å². The zero-order chi connectivity index (χ0) is 42.8. The van der Waals surface area contributed by atoms with E-state index in [9.17, 15) is 0 Å². The molecule has 0 bridgehead atoms. The molecule has 2 fully saturated rings. The Bertz CT molecular complexity index is 2600. The van der Waals surface area contributed by atoms with Gasteiger partial charge in [-0.3, -0.25) is 9.97 Å². The Balaban J connectivity index is 1.17. The van der Waals surface area contributed by atoms with Gasteiger partial charge < -0.3 is 0 Å². The van der Waals surface area contributed by atoms with Crippen molar-refractivity contribution in [2.75, 3.05) is 0 Å². The molecule has 2 saturated carbocycles. The van der Waals surface area contributed by atoms with Crippen LogP contribution in [0.1, 0.15) is 140 Å². The van der Waals surface area contributed by atoms with Crippen LogP contribution in [0.5, 0.6) is 0 Å². The Hall–Kier alpha value is -5.81. The highest BCUT2D eigenvalue weighted by Crippen LogP contribution is 2.41. The van der Waals surface area contributed by atoms with E-state index in [0.29, 0.717) is 29.3 Å². The second-order valence-corrected chi connectivity index (χ2v) is 20.0. The van der Waals surface area contributed by atoms with Crippen LogP contribution in [0, 0.1) is 0 Å². The maximum absolute atomic E-state index is 5.30. The average molecular weight is 816 g/mol. The van der Waals surface area contributed by atoms with E-state index < -0.39 is 0 Å². The van der Waals surface area contributed by atoms with Crippen molar-refractivity contribution >= 4 is 0 Å². The number of benzene rings is 5. The number of hydrogen-bond donors (Lipinski definition) is 0. The van der Waals surface area contributed by atoms with E-state index in [1.807, 2.05) is 6.07 Å². The minimum absolute atomic E-state index is 0.00860. The largest absolute Gasteiger partial charge is 0.261 e. The van der Waals surface area contributed by atoms with Gasteiger partial charge >= 0.3 is 0 Å². The predicted octanol–water partition coefficient (Wildman–Crippen LogP) is 15.4. The monoisotopic (exact) mass is 815 g/mol. The molecule has 2 heterocycles. The minimum atomic E-state index is 0.00860. The number of hydrogen-bond acceptors (Lipinski definition) is 5. The molecule has 9 rings (SSSR count). The van der Waals surface area contributed by atoms with Crippen LogP contribution in [0.25, 0.3) is 67.7 Å². The van der Waals surface area contributed by atoms with Crippen LogP contribution in [-0.2, 0) is 10.8 Å². The predicted molar refractivity (Wildman–Crippen MR) is 257 cm³/mol. The summed E-state index contributed by atoms with van der Waals surface area (Å²) in [6.45, 7) is 13.8. The highest BCUT2D eigenvalue weighted by atomic mass is 15.0. The molecular formula is C57H61N5. The van der Waals surface area contributed by atoms with Gasteiger partial charge in [-0.2, -0.15) is 0 Å². The van der Waals surface area contributed by atoms with Crippen molar-refractivity contribution in [3.05, 3.63) is 150 Å². The van der Waals surface area contributed by atoms with Crippen molar-refractivity contribution in [3.8, 4) is 67.7 Å². The first kappa shape index (κ1) is 41.5. The summed E-state index contributed by atoms with van der Waals surface area (Å²) in [6.07, 6.45) is 18.5. The standard InChI is InChI=1S/C57H61N5/c1-56(2,3)50-34-49(35-51(36-50)57(4,5)6)41-21-14-24-44(29-41)54-60-53(61-55(62-54)45-25-15-22-42(30-45)52-37-58-26-27-59-52)43-23-13-20-40(28-43)48-32-46(38-16-9-7-10-17-38)31-47(33-48)39-18-11-8-12-19-39/h13-15,20-39H,7-12,16-19H2,1-6H3. The van der Waals surface area contributed by atoms with Gasteiger partial charge in [0.15, 0.2) is 17.5 Å². The molecule has 0 amide bonds. The van der Waals surface area contributed by atoms with Gasteiger partial charge in [0, 0.05) is 34.6 Å². The highest BCUT2D eigenvalue weighted by molar-refractivity contribution is 5.76. The van der Waals surface area contributed by atoms with E-state index in [0.717, 1.165) is 33.5 Å². The molecule has 5 heteroatoms. The summed E-state index contributed by atoms with van der Waals surface area (Å²) in [5.41, 5.74) is 15.2. The maximum atomic E-state index is 5.30. The number of aromatic nitrogens is 5. The summed E-state index contributed by atoms with van der Waals surface area (Å²) < 4.78 is 0. The lowest BCUT2D eigenvalue weighted by atomic mass is 9.78. The summed E-state index contributed by atoms with van der Waals surface area (Å²) in [5.74, 6) is 3.21. The molecule has 2 aliphatic carbocycles. The topological polar surface area (TPSA) is 64.5 Å². The van der Waals surface area contributed by atoms with Crippen LogP contribution in [0.2, 0.25) is 0 Å². The third-order valence-electron chi connectivity index (χ3n) is 13.3. The smallest absolute Gasteiger partial charge is 0.164 e. The van der Waals surface area contributed by atoms with Gasteiger partial charge in [0.2, 0.25) is 0 Å². The summed E-state index contributed by atoms with van der Waals surface area (Å²) >= 11 is 0. The maximum Gasteiger partial charge on any atom is 0.164 e. The van der Waals surface area contributed by atoms with E-state index in [1.165, 1.54) is 103 Å². The molecule has 7 aromatic rings. The van der Waals surface area contributed by atoms with Crippen molar-refractivity contribution in [1.29, 1.82) is 0 Å². The molecule has 0 aliphatic heterocycles. The Labute approximate surface area is 369 Å². The molecule has 0 spiro atoms. The molecule has 0 atom stereocenters. The first-order valence-corrected chi connectivity index (χ1v) is 23.1. The molecule has 2 aromatic heterocycles. The molecule has 5 aromatic carbocycles. The third-order valence-corrected chi connectivity index (χ3v) is 13.3.